The van der Waals surface area contributed by atoms with Crippen LogP contribution in [0.4, 0.5) is 0 Å². The highest BCUT2D eigenvalue weighted by Crippen LogP contribution is 2.36. The second-order valence-electron chi connectivity index (χ2n) is 11.3. The lowest BCUT2D eigenvalue weighted by Crippen LogP contribution is -2.37. The van der Waals surface area contributed by atoms with Gasteiger partial charge in [-0.15, -0.1) is 0 Å². The number of fused-ring (bicyclic) bond motifs is 3. The molecule has 0 heterocycles. The molecule has 6 rings (SSSR count). The van der Waals surface area contributed by atoms with Gasteiger partial charge in [-0.3, -0.25) is 0 Å². The monoisotopic (exact) mass is 550 g/mol. The summed E-state index contributed by atoms with van der Waals surface area (Å²) in [5.74, 6) is 2.21. The van der Waals surface area contributed by atoms with E-state index in [1.807, 2.05) is 12.1 Å². The van der Waals surface area contributed by atoms with Gasteiger partial charge in [0, 0.05) is 0 Å². The molecule has 0 aromatic heterocycles. The molecule has 42 heavy (non-hydrogen) atoms. The molecule has 3 nitrogen and oxygen atoms in total. The normalized spacial score (nSPS) is 11.1. The summed E-state index contributed by atoms with van der Waals surface area (Å²) in [6.07, 6.45) is 0. The second kappa shape index (κ2) is 11.3. The smallest absolute Gasteiger partial charge is 0.490 e. The van der Waals surface area contributed by atoms with E-state index >= 15 is 0 Å². The largest absolute Gasteiger partial charge is 0.864 e. The van der Waals surface area contributed by atoms with Crippen molar-refractivity contribution in [3.05, 3.63) is 137 Å². The van der Waals surface area contributed by atoms with Gasteiger partial charge in [0.05, 0.1) is 0 Å². The Morgan fingerprint density at radius 2 is 0.929 bits per heavy atom. The van der Waals surface area contributed by atoms with Crippen molar-refractivity contribution in [3.8, 4) is 28.4 Å². The summed E-state index contributed by atoms with van der Waals surface area (Å²) < 4.78 is 19.3. The molecule has 0 aliphatic heterocycles. The molecule has 0 aliphatic carbocycles. The first-order valence-electron chi connectivity index (χ1n) is 14.4. The van der Waals surface area contributed by atoms with Crippen molar-refractivity contribution in [1.29, 1.82) is 0 Å². The van der Waals surface area contributed by atoms with E-state index in [1.54, 1.807) is 0 Å². The fraction of sp³-hybridized carbons (Fsp3) is 0.158. The Morgan fingerprint density at radius 1 is 0.452 bits per heavy atom. The number of hydrogen-bond acceptors (Lipinski definition) is 3. The molecule has 0 saturated carbocycles. The van der Waals surface area contributed by atoms with Crippen LogP contribution < -0.4 is 14.0 Å². The summed E-state index contributed by atoms with van der Waals surface area (Å²) in [6, 6.07) is 36.1. The van der Waals surface area contributed by atoms with Gasteiger partial charge < -0.3 is 14.0 Å². The topological polar surface area (TPSA) is 27.7 Å². The van der Waals surface area contributed by atoms with E-state index in [0.29, 0.717) is 5.75 Å². The maximum Gasteiger partial charge on any atom is 0.864 e. The van der Waals surface area contributed by atoms with E-state index in [-0.39, 0.29) is 0 Å². The predicted molar refractivity (Wildman–Crippen MR) is 176 cm³/mol. The summed E-state index contributed by atoms with van der Waals surface area (Å²) in [5.41, 5.74) is 8.87. The molecular formula is C38H35BO3. The molecule has 6 aromatic rings. The lowest BCUT2D eigenvalue weighted by molar-refractivity contribution is 0.303. The molecule has 0 unspecified atom stereocenters. The first-order valence-corrected chi connectivity index (χ1v) is 14.4. The minimum absolute atomic E-state index is 0.665. The molecule has 0 radical (unpaired) electrons. The molecule has 0 N–H and O–H groups in total. The van der Waals surface area contributed by atoms with Crippen molar-refractivity contribution in [2.24, 2.45) is 0 Å². The Morgan fingerprint density at radius 3 is 1.48 bits per heavy atom. The lowest BCUT2D eigenvalue weighted by atomic mass is 9.93. The van der Waals surface area contributed by atoms with E-state index in [2.05, 4.69) is 133 Å². The van der Waals surface area contributed by atoms with Crippen LogP contribution >= 0.6 is 0 Å². The van der Waals surface area contributed by atoms with E-state index < -0.39 is 7.32 Å². The zero-order valence-corrected chi connectivity index (χ0v) is 25.1. The summed E-state index contributed by atoms with van der Waals surface area (Å²) in [6.45, 7) is 12.4. The molecule has 0 amide bonds. The number of hydrogen-bond donors (Lipinski definition) is 0. The van der Waals surface area contributed by atoms with Crippen LogP contribution in [0.5, 0.6) is 17.2 Å². The van der Waals surface area contributed by atoms with Gasteiger partial charge in [0.2, 0.25) is 0 Å². The zero-order chi connectivity index (χ0) is 29.4. The number of benzene rings is 6. The molecule has 0 fully saturated rings. The Bertz CT molecular complexity index is 1820. The van der Waals surface area contributed by atoms with Crippen LogP contribution in [0.2, 0.25) is 0 Å². The van der Waals surface area contributed by atoms with Gasteiger partial charge in [-0.1, -0.05) is 96.1 Å². The molecule has 0 spiro atoms. The average Bonchev–Trinajstić information content (AvgIpc) is 2.96. The van der Waals surface area contributed by atoms with E-state index in [4.69, 9.17) is 14.0 Å². The highest BCUT2D eigenvalue weighted by molar-refractivity contribution is 6.39. The quantitative estimate of drug-likeness (QED) is 0.146. The van der Waals surface area contributed by atoms with Gasteiger partial charge in [0.15, 0.2) is 0 Å². The highest BCUT2D eigenvalue weighted by atomic mass is 16.7. The fourth-order valence-corrected chi connectivity index (χ4v) is 6.09. The predicted octanol–water partition coefficient (Wildman–Crippen LogP) is 10.0. The van der Waals surface area contributed by atoms with Gasteiger partial charge >= 0.3 is 7.32 Å². The minimum atomic E-state index is -0.974. The molecule has 4 heteroatoms. The average molecular weight is 551 g/mol. The minimum Gasteiger partial charge on any atom is -0.490 e. The first-order chi connectivity index (χ1) is 20.3. The van der Waals surface area contributed by atoms with Crippen molar-refractivity contribution >= 4 is 28.9 Å². The summed E-state index contributed by atoms with van der Waals surface area (Å²) >= 11 is 0. The van der Waals surface area contributed by atoms with Crippen LogP contribution in [-0.4, -0.2) is 7.32 Å². The molecule has 0 atom stereocenters. The Hall–Kier alpha value is -4.70. The summed E-state index contributed by atoms with van der Waals surface area (Å²) in [4.78, 5) is 0. The zero-order valence-electron chi connectivity index (χ0n) is 25.1. The third-order valence-electron chi connectivity index (χ3n) is 7.80. The van der Waals surface area contributed by atoms with Gasteiger partial charge in [0.25, 0.3) is 0 Å². The van der Waals surface area contributed by atoms with Gasteiger partial charge in [0.1, 0.15) is 17.2 Å². The van der Waals surface area contributed by atoms with Crippen LogP contribution in [0, 0.1) is 41.5 Å². The SMILES string of the molecule is Cc1cc(C)c(OB(Oc2ccc(-c3cc4ccccc4c4ccccc34)cc2)Oc2c(C)cc(C)cc2C)c(C)c1. The van der Waals surface area contributed by atoms with Gasteiger partial charge in [-0.05, 0) is 115 Å². The summed E-state index contributed by atoms with van der Waals surface area (Å²) in [7, 11) is -0.974. The third-order valence-corrected chi connectivity index (χ3v) is 7.80. The molecular weight excluding hydrogens is 515 g/mol. The Labute approximate surface area is 248 Å². The van der Waals surface area contributed by atoms with E-state index in [0.717, 1.165) is 39.3 Å². The standard InChI is InChI=1S/C38H35BO3/c1-24-19-26(3)37(27(4)20-24)41-39(42-38-28(5)21-25(2)22-29(38)6)40-32-17-15-30(16-18-32)36-23-31-11-7-8-12-33(31)34-13-9-10-14-35(34)36/h7-23H,1-6H3. The van der Waals surface area contributed by atoms with Crippen LogP contribution in [0.15, 0.2) is 103 Å². The van der Waals surface area contributed by atoms with Crippen molar-refractivity contribution in [3.63, 3.8) is 0 Å². The maximum atomic E-state index is 6.46. The first kappa shape index (κ1) is 27.5. The van der Waals surface area contributed by atoms with Crippen LogP contribution in [-0.2, 0) is 0 Å². The molecule has 6 aromatic carbocycles. The van der Waals surface area contributed by atoms with E-state index in [9.17, 15) is 0 Å². The fourth-order valence-electron chi connectivity index (χ4n) is 6.09. The molecule has 0 saturated heterocycles. The van der Waals surface area contributed by atoms with E-state index in [1.165, 1.54) is 38.2 Å². The highest BCUT2D eigenvalue weighted by Gasteiger charge is 2.32. The van der Waals surface area contributed by atoms with Gasteiger partial charge in [-0.25, -0.2) is 0 Å². The Balaban J connectivity index is 1.35. The van der Waals surface area contributed by atoms with Crippen molar-refractivity contribution in [2.45, 2.75) is 41.5 Å². The van der Waals surface area contributed by atoms with Crippen LogP contribution in [0.3, 0.4) is 0 Å². The Kier molecular flexibility index (Phi) is 7.39. The van der Waals surface area contributed by atoms with Crippen molar-refractivity contribution < 1.29 is 14.0 Å². The molecule has 0 bridgehead atoms. The van der Waals surface area contributed by atoms with Crippen molar-refractivity contribution in [1.82, 2.24) is 0 Å². The van der Waals surface area contributed by atoms with Gasteiger partial charge in [-0.2, -0.15) is 0 Å². The third kappa shape index (κ3) is 5.45. The van der Waals surface area contributed by atoms with Crippen LogP contribution in [0.1, 0.15) is 33.4 Å². The number of aryl methyl sites for hydroxylation is 6. The van der Waals surface area contributed by atoms with Crippen LogP contribution in [0.25, 0.3) is 32.7 Å². The molecule has 208 valence electrons. The lowest BCUT2D eigenvalue weighted by Gasteiger charge is -2.21. The number of rotatable bonds is 7. The van der Waals surface area contributed by atoms with Crippen molar-refractivity contribution in [2.75, 3.05) is 0 Å². The second-order valence-corrected chi connectivity index (χ2v) is 11.3. The summed E-state index contributed by atoms with van der Waals surface area (Å²) in [5, 5.41) is 4.96. The maximum absolute atomic E-state index is 6.46. The molecule has 0 aliphatic rings.